The molecule has 0 heterocycles. The summed E-state index contributed by atoms with van der Waals surface area (Å²) in [6.45, 7) is 1.77. The van der Waals surface area contributed by atoms with E-state index in [4.69, 9.17) is 5.73 Å². The van der Waals surface area contributed by atoms with Gasteiger partial charge >= 0.3 is 0 Å². The van der Waals surface area contributed by atoms with Crippen molar-refractivity contribution in [3.05, 3.63) is 0 Å². The Kier molecular flexibility index (Phi) is 8.93. The molecular weight excluding hydrogens is 262 g/mol. The quantitative estimate of drug-likeness (QED) is 0.820. The van der Waals surface area contributed by atoms with Crippen molar-refractivity contribution in [1.29, 1.82) is 0 Å². The first-order chi connectivity index (χ1) is 10.1. The van der Waals surface area contributed by atoms with Crippen molar-refractivity contribution in [2.75, 3.05) is 27.2 Å². The third-order valence-corrected chi connectivity index (χ3v) is 4.70. The first-order valence-electron chi connectivity index (χ1n) is 8.76. The number of nitrogens with two attached hydrogens (primary N) is 1. The molecule has 4 heteroatoms. The van der Waals surface area contributed by atoms with Crippen molar-refractivity contribution in [2.24, 2.45) is 5.73 Å². The molecule has 1 aliphatic rings. The second kappa shape index (κ2) is 10.2. The summed E-state index contributed by atoms with van der Waals surface area (Å²) in [5.41, 5.74) is 5.31. The van der Waals surface area contributed by atoms with Crippen molar-refractivity contribution in [2.45, 2.75) is 76.2 Å². The minimum Gasteiger partial charge on any atom is -0.368 e. The Hall–Kier alpha value is -0.610. The summed E-state index contributed by atoms with van der Waals surface area (Å²) >= 11 is 0. The summed E-state index contributed by atoms with van der Waals surface area (Å²) in [6, 6.07) is 0. The van der Waals surface area contributed by atoms with Gasteiger partial charge in [-0.05, 0) is 26.9 Å². The molecule has 21 heavy (non-hydrogen) atoms. The molecule has 0 bridgehead atoms. The van der Waals surface area contributed by atoms with Gasteiger partial charge in [0.05, 0.1) is 5.54 Å². The van der Waals surface area contributed by atoms with E-state index in [1.807, 2.05) is 0 Å². The van der Waals surface area contributed by atoms with Gasteiger partial charge in [0.25, 0.3) is 0 Å². The van der Waals surface area contributed by atoms with Gasteiger partial charge in [-0.25, -0.2) is 0 Å². The molecule has 0 aromatic heterocycles. The Bertz CT molecular complexity index is 280. The lowest BCUT2D eigenvalue weighted by atomic mass is 9.84. The van der Waals surface area contributed by atoms with Crippen LogP contribution in [0, 0.1) is 0 Å². The van der Waals surface area contributed by atoms with Crippen LogP contribution in [0.5, 0.6) is 0 Å². The maximum atomic E-state index is 12.1. The Morgan fingerprint density at radius 2 is 1.38 bits per heavy atom. The highest BCUT2D eigenvalue weighted by Gasteiger charge is 2.34. The topological polar surface area (TPSA) is 58.4 Å². The molecule has 0 unspecified atom stereocenters. The molecule has 0 spiro atoms. The Morgan fingerprint density at radius 3 is 1.76 bits per heavy atom. The number of rotatable bonds is 5. The van der Waals surface area contributed by atoms with Gasteiger partial charge in [-0.15, -0.1) is 0 Å². The molecule has 0 aromatic rings. The van der Waals surface area contributed by atoms with E-state index >= 15 is 0 Å². The predicted molar refractivity (Wildman–Crippen MR) is 89.3 cm³/mol. The molecule has 3 N–H and O–H groups in total. The molecule has 1 rings (SSSR count). The summed E-state index contributed by atoms with van der Waals surface area (Å²) < 4.78 is 0. The third kappa shape index (κ3) is 7.28. The number of nitrogens with one attached hydrogen (secondary N) is 1. The fraction of sp³-hybridized carbons (Fsp3) is 0.941. The monoisotopic (exact) mass is 297 g/mol. The van der Waals surface area contributed by atoms with Crippen LogP contribution in [0.15, 0.2) is 0 Å². The Morgan fingerprint density at radius 1 is 0.952 bits per heavy atom. The van der Waals surface area contributed by atoms with E-state index in [2.05, 4.69) is 24.3 Å². The molecule has 1 aliphatic carbocycles. The third-order valence-electron chi connectivity index (χ3n) is 4.70. The summed E-state index contributed by atoms with van der Waals surface area (Å²) in [7, 11) is 4.11. The number of primary amides is 1. The predicted octanol–water partition coefficient (Wildman–Crippen LogP) is 2.67. The first-order valence-corrected chi connectivity index (χ1v) is 8.76. The van der Waals surface area contributed by atoms with Crippen molar-refractivity contribution in [1.82, 2.24) is 10.2 Å². The molecule has 0 saturated heterocycles. The van der Waals surface area contributed by atoms with E-state index in [-0.39, 0.29) is 5.91 Å². The lowest BCUT2D eigenvalue weighted by Gasteiger charge is -2.33. The Balaban J connectivity index is 2.61. The van der Waals surface area contributed by atoms with Gasteiger partial charge in [0.2, 0.25) is 5.91 Å². The lowest BCUT2D eigenvalue weighted by Crippen LogP contribution is -2.56. The van der Waals surface area contributed by atoms with E-state index in [0.717, 1.165) is 38.8 Å². The van der Waals surface area contributed by atoms with Crippen molar-refractivity contribution < 1.29 is 4.79 Å². The molecular formula is C17H35N3O. The maximum absolute atomic E-state index is 12.1. The van der Waals surface area contributed by atoms with Gasteiger partial charge in [-0.1, -0.05) is 57.8 Å². The molecule has 0 atom stereocenters. The Labute approximate surface area is 130 Å². The fourth-order valence-corrected chi connectivity index (χ4v) is 3.25. The molecule has 1 amide bonds. The summed E-state index contributed by atoms with van der Waals surface area (Å²) in [4.78, 5) is 14.3. The van der Waals surface area contributed by atoms with Crippen LogP contribution in [0.1, 0.15) is 70.6 Å². The van der Waals surface area contributed by atoms with E-state index in [9.17, 15) is 4.79 Å². The second-order valence-corrected chi connectivity index (χ2v) is 6.86. The summed E-state index contributed by atoms with van der Waals surface area (Å²) in [6.07, 6.45) is 13.1. The van der Waals surface area contributed by atoms with Crippen LogP contribution < -0.4 is 11.1 Å². The molecule has 0 aliphatic heterocycles. The SMILES string of the molecule is CN(C)CCNC1(C(N)=O)CCCCCCCCCCC1. The van der Waals surface area contributed by atoms with E-state index in [0.29, 0.717) is 0 Å². The summed E-state index contributed by atoms with van der Waals surface area (Å²) in [5.74, 6) is -0.154. The van der Waals surface area contributed by atoms with Gasteiger partial charge < -0.3 is 16.0 Å². The van der Waals surface area contributed by atoms with Gasteiger partial charge in [-0.2, -0.15) is 0 Å². The van der Waals surface area contributed by atoms with Crippen LogP contribution >= 0.6 is 0 Å². The number of amides is 1. The number of hydrogen-bond acceptors (Lipinski definition) is 3. The van der Waals surface area contributed by atoms with Gasteiger partial charge in [0, 0.05) is 13.1 Å². The number of likely N-dealkylation sites (N-methyl/N-ethyl adjacent to an activating group) is 1. The van der Waals surface area contributed by atoms with Gasteiger partial charge in [-0.3, -0.25) is 4.79 Å². The number of carbonyl (C=O) groups is 1. The minimum absolute atomic E-state index is 0.154. The van der Waals surface area contributed by atoms with E-state index in [1.54, 1.807) is 0 Å². The average molecular weight is 297 g/mol. The van der Waals surface area contributed by atoms with Crippen LogP contribution in [0.4, 0.5) is 0 Å². The number of nitrogens with zero attached hydrogens (tertiary/aromatic N) is 1. The van der Waals surface area contributed by atoms with E-state index < -0.39 is 5.54 Å². The zero-order valence-corrected chi connectivity index (χ0v) is 14.1. The number of carbonyl (C=O) groups excluding carboxylic acids is 1. The van der Waals surface area contributed by atoms with Crippen LogP contribution in [-0.2, 0) is 4.79 Å². The standard InChI is InChI=1S/C17H35N3O/c1-20(2)15-14-19-17(16(18)21)12-10-8-6-4-3-5-7-9-11-13-17/h19H,3-15H2,1-2H3,(H2,18,21). The second-order valence-electron chi connectivity index (χ2n) is 6.86. The molecule has 1 fully saturated rings. The highest BCUT2D eigenvalue weighted by molar-refractivity contribution is 5.84. The van der Waals surface area contributed by atoms with E-state index in [1.165, 1.54) is 44.9 Å². The molecule has 1 saturated carbocycles. The zero-order valence-electron chi connectivity index (χ0n) is 14.1. The van der Waals surface area contributed by atoms with Crippen LogP contribution in [0.2, 0.25) is 0 Å². The fourth-order valence-electron chi connectivity index (χ4n) is 3.25. The van der Waals surface area contributed by atoms with Crippen LogP contribution in [0.3, 0.4) is 0 Å². The maximum Gasteiger partial charge on any atom is 0.237 e. The minimum atomic E-state index is -0.477. The lowest BCUT2D eigenvalue weighted by molar-refractivity contribution is -0.125. The number of hydrogen-bond donors (Lipinski definition) is 2. The molecule has 124 valence electrons. The van der Waals surface area contributed by atoms with Crippen molar-refractivity contribution >= 4 is 5.91 Å². The first kappa shape index (κ1) is 18.4. The van der Waals surface area contributed by atoms with Crippen LogP contribution in [-0.4, -0.2) is 43.5 Å². The molecule has 0 aromatic carbocycles. The largest absolute Gasteiger partial charge is 0.368 e. The normalized spacial score (nSPS) is 21.5. The van der Waals surface area contributed by atoms with Gasteiger partial charge in [0.1, 0.15) is 0 Å². The highest BCUT2D eigenvalue weighted by Crippen LogP contribution is 2.24. The van der Waals surface area contributed by atoms with Crippen molar-refractivity contribution in [3.8, 4) is 0 Å². The molecule has 4 nitrogen and oxygen atoms in total. The average Bonchev–Trinajstić information content (AvgIpc) is 2.41. The van der Waals surface area contributed by atoms with Crippen LogP contribution in [0.25, 0.3) is 0 Å². The highest BCUT2D eigenvalue weighted by atomic mass is 16.1. The summed E-state index contributed by atoms with van der Waals surface area (Å²) in [5, 5.41) is 3.50. The molecule has 0 radical (unpaired) electrons. The van der Waals surface area contributed by atoms with Gasteiger partial charge in [0.15, 0.2) is 0 Å². The van der Waals surface area contributed by atoms with Crippen molar-refractivity contribution in [3.63, 3.8) is 0 Å². The smallest absolute Gasteiger partial charge is 0.237 e. The zero-order chi connectivity index (χ0) is 15.6.